The molecule has 1 saturated heterocycles. The average Bonchev–Trinajstić information content (AvgIpc) is 3.33. The van der Waals surface area contributed by atoms with Crippen LogP contribution >= 0.6 is 0 Å². The van der Waals surface area contributed by atoms with Crippen molar-refractivity contribution >= 4 is 11.6 Å². The van der Waals surface area contributed by atoms with Crippen molar-refractivity contribution in [3.8, 4) is 0 Å². The van der Waals surface area contributed by atoms with E-state index in [9.17, 15) is 4.79 Å². The summed E-state index contributed by atoms with van der Waals surface area (Å²) in [6.07, 6.45) is 9.67. The van der Waals surface area contributed by atoms with Gasteiger partial charge in [0.1, 0.15) is 17.6 Å². The molecule has 1 aliphatic rings. The van der Waals surface area contributed by atoms with Gasteiger partial charge in [-0.2, -0.15) is 0 Å². The number of pyridine rings is 1. The van der Waals surface area contributed by atoms with Crippen LogP contribution in [0, 0.1) is 0 Å². The summed E-state index contributed by atoms with van der Waals surface area (Å²) in [6, 6.07) is 3.50. The van der Waals surface area contributed by atoms with E-state index in [2.05, 4.69) is 22.2 Å². The lowest BCUT2D eigenvalue weighted by Crippen LogP contribution is -2.37. The Labute approximate surface area is 139 Å². The first-order chi connectivity index (χ1) is 11.8. The number of nitrogens with one attached hydrogen (secondary N) is 1. The molecule has 0 unspecified atom stereocenters. The number of hydrogen-bond donors (Lipinski definition) is 1. The molecule has 1 fully saturated rings. The van der Waals surface area contributed by atoms with Crippen LogP contribution in [0.5, 0.6) is 0 Å². The first kappa shape index (κ1) is 14.9. The molecule has 3 aromatic heterocycles. The molecule has 1 amide bonds. The standard InChI is InChI=1S/C17H19N5O2/c1-2-21-8-6-19-16(21)15-13(4-10-24-15)20-17(23)12-3-7-22-9-5-18-14(22)11-12/h3,5-9,11,13,15H,2,4,10H2,1H3,(H,20,23)/t13-,15-/m0/s1. The quantitative estimate of drug-likeness (QED) is 0.794. The van der Waals surface area contributed by atoms with Gasteiger partial charge in [0.2, 0.25) is 0 Å². The van der Waals surface area contributed by atoms with Crippen molar-refractivity contribution in [3.05, 3.63) is 54.5 Å². The number of ether oxygens (including phenoxy) is 1. The van der Waals surface area contributed by atoms with Crippen molar-refractivity contribution in [2.75, 3.05) is 6.61 Å². The van der Waals surface area contributed by atoms with E-state index in [1.807, 2.05) is 27.6 Å². The summed E-state index contributed by atoms with van der Waals surface area (Å²) in [6.45, 7) is 3.51. The third-order valence-corrected chi connectivity index (χ3v) is 4.41. The highest BCUT2D eigenvalue weighted by Gasteiger charge is 2.34. The van der Waals surface area contributed by atoms with Gasteiger partial charge in [0.15, 0.2) is 0 Å². The molecule has 4 rings (SSSR count). The Morgan fingerprint density at radius 2 is 2.21 bits per heavy atom. The molecule has 0 radical (unpaired) electrons. The molecular formula is C17H19N5O2. The molecule has 24 heavy (non-hydrogen) atoms. The Kier molecular flexibility index (Phi) is 3.78. The van der Waals surface area contributed by atoms with E-state index in [4.69, 9.17) is 4.74 Å². The van der Waals surface area contributed by atoms with Crippen LogP contribution in [0.15, 0.2) is 43.1 Å². The highest BCUT2D eigenvalue weighted by Crippen LogP contribution is 2.28. The minimum absolute atomic E-state index is 0.0822. The molecule has 7 nitrogen and oxygen atoms in total. The smallest absolute Gasteiger partial charge is 0.251 e. The lowest BCUT2D eigenvalue weighted by molar-refractivity contribution is 0.0775. The third-order valence-electron chi connectivity index (χ3n) is 4.41. The van der Waals surface area contributed by atoms with Crippen molar-refractivity contribution in [3.63, 3.8) is 0 Å². The van der Waals surface area contributed by atoms with E-state index in [1.165, 1.54) is 0 Å². The van der Waals surface area contributed by atoms with E-state index >= 15 is 0 Å². The predicted molar refractivity (Wildman–Crippen MR) is 87.7 cm³/mol. The molecule has 0 saturated carbocycles. The molecule has 0 spiro atoms. The van der Waals surface area contributed by atoms with E-state index < -0.39 is 0 Å². The van der Waals surface area contributed by atoms with Gasteiger partial charge in [-0.3, -0.25) is 4.79 Å². The Bertz CT molecular complexity index is 869. The number of aromatic nitrogens is 4. The number of carbonyl (C=O) groups excluding carboxylic acids is 1. The summed E-state index contributed by atoms with van der Waals surface area (Å²) in [5, 5.41) is 3.09. The van der Waals surface area contributed by atoms with Crippen LogP contribution in [-0.4, -0.2) is 37.5 Å². The van der Waals surface area contributed by atoms with Gasteiger partial charge >= 0.3 is 0 Å². The van der Waals surface area contributed by atoms with Crippen molar-refractivity contribution in [1.82, 2.24) is 24.3 Å². The van der Waals surface area contributed by atoms with Crippen molar-refractivity contribution in [2.24, 2.45) is 0 Å². The second kappa shape index (κ2) is 6.09. The maximum atomic E-state index is 12.6. The molecule has 2 atom stereocenters. The molecule has 7 heteroatoms. The molecule has 1 aliphatic heterocycles. The second-order valence-electron chi connectivity index (χ2n) is 5.84. The summed E-state index contributed by atoms with van der Waals surface area (Å²) in [5.74, 6) is 0.750. The Morgan fingerprint density at radius 3 is 3.08 bits per heavy atom. The second-order valence-corrected chi connectivity index (χ2v) is 5.84. The van der Waals surface area contributed by atoms with Crippen LogP contribution < -0.4 is 5.32 Å². The van der Waals surface area contributed by atoms with E-state index in [1.54, 1.807) is 24.5 Å². The summed E-state index contributed by atoms with van der Waals surface area (Å²) in [5.41, 5.74) is 1.35. The van der Waals surface area contributed by atoms with Gasteiger partial charge in [-0.15, -0.1) is 0 Å². The monoisotopic (exact) mass is 325 g/mol. The number of aryl methyl sites for hydroxylation is 1. The number of carbonyl (C=O) groups is 1. The zero-order valence-electron chi connectivity index (χ0n) is 13.4. The molecule has 0 aliphatic carbocycles. The molecule has 0 bridgehead atoms. The third kappa shape index (κ3) is 2.56. The Morgan fingerprint density at radius 1 is 1.33 bits per heavy atom. The normalized spacial score (nSPS) is 20.5. The number of fused-ring (bicyclic) bond motifs is 1. The average molecular weight is 325 g/mol. The van der Waals surface area contributed by atoms with E-state index in [0.717, 1.165) is 24.4 Å². The Hall–Kier alpha value is -2.67. The lowest BCUT2D eigenvalue weighted by Gasteiger charge is -2.20. The highest BCUT2D eigenvalue weighted by atomic mass is 16.5. The number of rotatable bonds is 4. The zero-order chi connectivity index (χ0) is 16.5. The van der Waals surface area contributed by atoms with Crippen LogP contribution in [0.4, 0.5) is 0 Å². The van der Waals surface area contributed by atoms with Gasteiger partial charge in [-0.05, 0) is 25.5 Å². The molecular weight excluding hydrogens is 306 g/mol. The van der Waals surface area contributed by atoms with Gasteiger partial charge in [0, 0.05) is 49.7 Å². The fourth-order valence-electron chi connectivity index (χ4n) is 3.14. The fourth-order valence-corrected chi connectivity index (χ4v) is 3.14. The maximum absolute atomic E-state index is 12.6. The minimum atomic E-state index is -0.209. The van der Waals surface area contributed by atoms with Crippen LogP contribution in [0.1, 0.15) is 35.6 Å². The maximum Gasteiger partial charge on any atom is 0.251 e. The van der Waals surface area contributed by atoms with Crippen LogP contribution in [0.3, 0.4) is 0 Å². The number of amides is 1. The summed E-state index contributed by atoms with van der Waals surface area (Å²) in [7, 11) is 0. The van der Waals surface area contributed by atoms with Gasteiger partial charge < -0.3 is 19.0 Å². The number of hydrogen-bond acceptors (Lipinski definition) is 4. The predicted octanol–water partition coefficient (Wildman–Crippen LogP) is 1.81. The summed E-state index contributed by atoms with van der Waals surface area (Å²) in [4.78, 5) is 21.2. The molecule has 0 aromatic carbocycles. The first-order valence-corrected chi connectivity index (χ1v) is 8.12. The zero-order valence-corrected chi connectivity index (χ0v) is 13.4. The van der Waals surface area contributed by atoms with Gasteiger partial charge in [-0.25, -0.2) is 9.97 Å². The van der Waals surface area contributed by atoms with Crippen LogP contribution in [0.25, 0.3) is 5.65 Å². The Balaban J connectivity index is 1.54. The van der Waals surface area contributed by atoms with Gasteiger partial charge in [0.25, 0.3) is 5.91 Å². The van der Waals surface area contributed by atoms with E-state index in [0.29, 0.717) is 12.2 Å². The highest BCUT2D eigenvalue weighted by molar-refractivity contribution is 5.95. The molecule has 124 valence electrons. The minimum Gasteiger partial charge on any atom is -0.368 e. The summed E-state index contributed by atoms with van der Waals surface area (Å²) >= 11 is 0. The van der Waals surface area contributed by atoms with Gasteiger partial charge in [0.05, 0.1) is 6.04 Å². The number of nitrogens with zero attached hydrogens (tertiary/aromatic N) is 4. The molecule has 4 heterocycles. The fraction of sp³-hybridized carbons (Fsp3) is 0.353. The SMILES string of the molecule is CCn1ccnc1[C@H]1OCC[C@@H]1NC(=O)c1ccn2ccnc2c1. The number of imidazole rings is 2. The first-order valence-electron chi connectivity index (χ1n) is 8.12. The molecule has 1 N–H and O–H groups in total. The lowest BCUT2D eigenvalue weighted by atomic mass is 10.1. The van der Waals surface area contributed by atoms with E-state index in [-0.39, 0.29) is 18.1 Å². The van der Waals surface area contributed by atoms with Gasteiger partial charge in [-0.1, -0.05) is 0 Å². The van der Waals surface area contributed by atoms with Crippen LogP contribution in [-0.2, 0) is 11.3 Å². The summed E-state index contributed by atoms with van der Waals surface area (Å²) < 4.78 is 9.75. The topological polar surface area (TPSA) is 73.5 Å². The van der Waals surface area contributed by atoms with Crippen molar-refractivity contribution in [1.29, 1.82) is 0 Å². The van der Waals surface area contributed by atoms with Crippen molar-refractivity contribution in [2.45, 2.75) is 32.0 Å². The van der Waals surface area contributed by atoms with Crippen LogP contribution in [0.2, 0.25) is 0 Å². The molecule has 3 aromatic rings. The largest absolute Gasteiger partial charge is 0.368 e. The van der Waals surface area contributed by atoms with Crippen molar-refractivity contribution < 1.29 is 9.53 Å².